The molecule has 2 aromatic rings. The van der Waals surface area contributed by atoms with Crippen LogP contribution >= 0.6 is 11.3 Å². The summed E-state index contributed by atoms with van der Waals surface area (Å²) in [5, 5.41) is 17.8. The Morgan fingerprint density at radius 2 is 2.31 bits per heavy atom. The number of fused-ring (bicyclic) bond motifs is 1. The second-order valence-electron chi connectivity index (χ2n) is 2.38. The first-order valence-electron chi connectivity index (χ1n) is 3.37. The van der Waals surface area contributed by atoms with Crippen molar-refractivity contribution in [2.75, 3.05) is 0 Å². The highest BCUT2D eigenvalue weighted by Crippen LogP contribution is 2.25. The van der Waals surface area contributed by atoms with Crippen molar-refractivity contribution in [3.05, 3.63) is 27.4 Å². The molecule has 0 spiro atoms. The van der Waals surface area contributed by atoms with Crippen LogP contribution in [0.25, 0.3) is 10.3 Å². The van der Waals surface area contributed by atoms with Crippen molar-refractivity contribution in [2.24, 2.45) is 0 Å². The average Bonchev–Trinajstić information content (AvgIpc) is 2.42. The van der Waals surface area contributed by atoms with Crippen LogP contribution in [0.15, 0.2) is 21.3 Å². The highest BCUT2D eigenvalue weighted by Gasteiger charge is 2.07. The van der Waals surface area contributed by atoms with Crippen LogP contribution in [0.4, 0.5) is 0 Å². The van der Waals surface area contributed by atoms with Gasteiger partial charge in [-0.3, -0.25) is 0 Å². The molecule has 0 atom stereocenters. The van der Waals surface area contributed by atoms with Gasteiger partial charge in [0.2, 0.25) is 0 Å². The minimum atomic E-state index is -0.440. The van der Waals surface area contributed by atoms with Crippen molar-refractivity contribution < 1.29 is 9.52 Å². The zero-order chi connectivity index (χ0) is 9.42. The lowest BCUT2D eigenvalue weighted by atomic mass is 10.2. The van der Waals surface area contributed by atoms with Crippen LogP contribution in [0, 0.1) is 11.3 Å². The fourth-order valence-electron chi connectivity index (χ4n) is 0.999. The monoisotopic (exact) mass is 193 g/mol. The van der Waals surface area contributed by atoms with Crippen molar-refractivity contribution in [1.29, 1.82) is 5.26 Å². The molecule has 1 aromatic heterocycles. The van der Waals surface area contributed by atoms with Gasteiger partial charge in [0.05, 0.1) is 10.3 Å². The summed E-state index contributed by atoms with van der Waals surface area (Å²) in [7, 11) is 0. The highest BCUT2D eigenvalue weighted by molar-refractivity contribution is 7.16. The molecule has 4 nitrogen and oxygen atoms in total. The predicted octanol–water partition coefficient (Wildman–Crippen LogP) is 1.43. The Labute approximate surface area is 76.3 Å². The van der Waals surface area contributed by atoms with E-state index >= 15 is 0 Å². The van der Waals surface area contributed by atoms with Gasteiger partial charge < -0.3 is 9.52 Å². The van der Waals surface area contributed by atoms with Crippen LogP contribution < -0.4 is 4.94 Å². The Hall–Kier alpha value is -1.80. The third kappa shape index (κ3) is 1.17. The van der Waals surface area contributed by atoms with E-state index in [1.807, 2.05) is 0 Å². The summed E-state index contributed by atoms with van der Waals surface area (Å²) in [6, 6.07) is 4.49. The first-order chi connectivity index (χ1) is 6.20. The summed E-state index contributed by atoms with van der Waals surface area (Å²) in [6.45, 7) is 0. The van der Waals surface area contributed by atoms with E-state index in [1.54, 1.807) is 6.07 Å². The van der Waals surface area contributed by atoms with Crippen molar-refractivity contribution in [3.8, 4) is 11.8 Å². The van der Waals surface area contributed by atoms with Crippen LogP contribution in [0.5, 0.6) is 5.75 Å². The van der Waals surface area contributed by atoms with Crippen LogP contribution in [0.3, 0.4) is 0 Å². The molecule has 0 radical (unpaired) electrons. The molecule has 5 heteroatoms. The van der Waals surface area contributed by atoms with Crippen molar-refractivity contribution >= 4 is 21.6 Å². The molecule has 0 aliphatic carbocycles. The van der Waals surface area contributed by atoms with E-state index in [1.165, 1.54) is 12.1 Å². The lowest BCUT2D eigenvalue weighted by Crippen LogP contribution is -1.79. The summed E-state index contributed by atoms with van der Waals surface area (Å²) in [5.41, 5.74) is 0.443. The van der Waals surface area contributed by atoms with Crippen LogP contribution in [-0.2, 0) is 0 Å². The van der Waals surface area contributed by atoms with Crippen LogP contribution in [0.1, 0.15) is 5.56 Å². The van der Waals surface area contributed by atoms with Crippen LogP contribution in [0.2, 0.25) is 0 Å². The molecule has 0 fully saturated rings. The number of nitrogens with zero attached hydrogens (tertiary/aromatic N) is 1. The molecular formula is C8H3NO3S. The quantitative estimate of drug-likeness (QED) is 0.686. The maximum absolute atomic E-state index is 10.8. The van der Waals surface area contributed by atoms with E-state index in [0.717, 1.165) is 11.3 Å². The SMILES string of the molecule is N#Cc1cc2oc(=O)sc2cc1O. The highest BCUT2D eigenvalue weighted by atomic mass is 32.1. The molecule has 0 saturated carbocycles. The van der Waals surface area contributed by atoms with Crippen molar-refractivity contribution in [3.63, 3.8) is 0 Å². The van der Waals surface area contributed by atoms with Gasteiger partial charge in [-0.1, -0.05) is 11.3 Å². The smallest absolute Gasteiger partial charge is 0.396 e. The van der Waals surface area contributed by atoms with Gasteiger partial charge in [0.1, 0.15) is 11.8 Å². The lowest BCUT2D eigenvalue weighted by molar-refractivity contribution is 0.474. The molecular weight excluding hydrogens is 190 g/mol. The van der Waals surface area contributed by atoms with E-state index < -0.39 is 4.94 Å². The molecule has 64 valence electrons. The number of hydrogen-bond acceptors (Lipinski definition) is 5. The zero-order valence-corrected chi connectivity index (χ0v) is 7.09. The number of hydrogen-bond donors (Lipinski definition) is 1. The third-order valence-corrected chi connectivity index (χ3v) is 2.36. The van der Waals surface area contributed by atoms with E-state index in [2.05, 4.69) is 0 Å². The number of nitriles is 1. The van der Waals surface area contributed by atoms with Crippen molar-refractivity contribution in [1.82, 2.24) is 0 Å². The standard InChI is InChI=1S/C8H3NO3S/c9-3-4-1-6-7(2-5(4)10)13-8(11)12-6/h1-2,10H. The predicted molar refractivity (Wildman–Crippen MR) is 46.7 cm³/mol. The summed E-state index contributed by atoms with van der Waals surface area (Å²) < 4.78 is 5.31. The normalized spacial score (nSPS) is 10.1. The van der Waals surface area contributed by atoms with Gasteiger partial charge in [0, 0.05) is 12.1 Å². The Morgan fingerprint density at radius 1 is 1.54 bits per heavy atom. The third-order valence-electron chi connectivity index (χ3n) is 1.57. The fourth-order valence-corrected chi connectivity index (χ4v) is 1.68. The number of phenolic OH excluding ortho intramolecular Hbond substituents is 1. The van der Waals surface area contributed by atoms with Gasteiger partial charge >= 0.3 is 4.94 Å². The molecule has 0 amide bonds. The first kappa shape index (κ1) is 7.83. The Morgan fingerprint density at radius 3 is 3.00 bits per heavy atom. The minimum absolute atomic E-state index is 0.106. The van der Waals surface area contributed by atoms with Gasteiger partial charge in [-0.25, -0.2) is 4.79 Å². The van der Waals surface area contributed by atoms with Gasteiger partial charge in [-0.15, -0.1) is 0 Å². The molecule has 0 saturated heterocycles. The van der Waals surface area contributed by atoms with E-state index in [4.69, 9.17) is 9.68 Å². The summed E-state index contributed by atoms with van der Waals surface area (Å²) in [6.07, 6.45) is 0. The molecule has 1 N–H and O–H groups in total. The minimum Gasteiger partial charge on any atom is -0.507 e. The topological polar surface area (TPSA) is 74.2 Å². The van der Waals surface area contributed by atoms with E-state index in [9.17, 15) is 9.90 Å². The number of benzene rings is 1. The lowest BCUT2D eigenvalue weighted by Gasteiger charge is -1.92. The van der Waals surface area contributed by atoms with E-state index in [0.29, 0.717) is 10.3 Å². The summed E-state index contributed by atoms with van der Waals surface area (Å²) >= 11 is 0.894. The molecule has 0 bridgehead atoms. The first-order valence-corrected chi connectivity index (χ1v) is 4.19. The number of rotatable bonds is 0. The van der Waals surface area contributed by atoms with Gasteiger partial charge in [0.25, 0.3) is 0 Å². The van der Waals surface area contributed by atoms with Crippen molar-refractivity contribution in [2.45, 2.75) is 0 Å². The summed E-state index contributed by atoms with van der Waals surface area (Å²) in [4.78, 5) is 10.3. The number of aromatic hydroxyl groups is 1. The molecule has 0 aliphatic heterocycles. The number of phenols is 1. The molecule has 1 heterocycles. The van der Waals surface area contributed by atoms with Gasteiger partial charge in [-0.05, 0) is 0 Å². The Bertz CT molecular complexity index is 561. The average molecular weight is 193 g/mol. The molecule has 0 aliphatic rings. The second kappa shape index (κ2) is 2.61. The second-order valence-corrected chi connectivity index (χ2v) is 3.36. The summed E-state index contributed by atoms with van der Waals surface area (Å²) in [5.74, 6) is -0.132. The molecule has 13 heavy (non-hydrogen) atoms. The maximum atomic E-state index is 10.8. The Kier molecular flexibility index (Phi) is 1.57. The largest absolute Gasteiger partial charge is 0.507 e. The van der Waals surface area contributed by atoms with Gasteiger partial charge in [-0.2, -0.15) is 5.26 Å². The van der Waals surface area contributed by atoms with Crippen LogP contribution in [-0.4, -0.2) is 5.11 Å². The van der Waals surface area contributed by atoms with Gasteiger partial charge in [0.15, 0.2) is 5.58 Å². The Balaban J connectivity index is 2.90. The molecule has 0 unspecified atom stereocenters. The van der Waals surface area contributed by atoms with E-state index in [-0.39, 0.29) is 11.3 Å². The molecule has 2 rings (SSSR count). The maximum Gasteiger partial charge on any atom is 0.396 e. The zero-order valence-electron chi connectivity index (χ0n) is 6.27. The fraction of sp³-hybridized carbons (Fsp3) is 0. The molecule has 1 aromatic carbocycles.